The molecule has 0 amide bonds. The lowest BCUT2D eigenvalue weighted by atomic mass is 10.1. The van der Waals surface area contributed by atoms with Crippen LogP contribution in [-0.2, 0) is 17.4 Å². The first-order valence-electron chi connectivity index (χ1n) is 10.2. The second-order valence-corrected chi connectivity index (χ2v) is 7.52. The molecule has 0 radical (unpaired) electrons. The van der Waals surface area contributed by atoms with Crippen LogP contribution in [0.2, 0.25) is 0 Å². The average molecular weight is 460 g/mol. The molecule has 174 valence electrons. The molecule has 0 aliphatic carbocycles. The van der Waals surface area contributed by atoms with Crippen LogP contribution in [-0.4, -0.2) is 33.8 Å². The number of nitrogens with zero attached hydrogens (tertiary/aromatic N) is 2. The summed E-state index contributed by atoms with van der Waals surface area (Å²) in [6.07, 6.45) is -1.56. The smallest absolute Gasteiger partial charge is 0.416 e. The molecule has 1 atom stereocenters. The second kappa shape index (κ2) is 10.3. The fraction of sp³-hybridized carbons (Fsp3) is 0.292. The molecule has 0 aliphatic heterocycles. The van der Waals surface area contributed by atoms with E-state index in [1.165, 1.54) is 18.5 Å². The van der Waals surface area contributed by atoms with Crippen molar-refractivity contribution in [2.24, 2.45) is 0 Å². The monoisotopic (exact) mass is 460 g/mol. The molecule has 1 heterocycles. The fourth-order valence-corrected chi connectivity index (χ4v) is 3.19. The molecule has 0 saturated carbocycles. The van der Waals surface area contributed by atoms with Crippen molar-refractivity contribution in [3.8, 4) is 22.9 Å². The first-order chi connectivity index (χ1) is 15.6. The predicted octanol–water partition coefficient (Wildman–Crippen LogP) is 5.33. The Bertz CT molecular complexity index is 1100. The van der Waals surface area contributed by atoms with Crippen LogP contribution in [0.1, 0.15) is 30.0 Å². The first kappa shape index (κ1) is 24.0. The normalized spacial score (nSPS) is 12.3. The van der Waals surface area contributed by atoms with Crippen molar-refractivity contribution >= 4 is 5.97 Å². The number of alkyl halides is 3. The first-order valence-corrected chi connectivity index (χ1v) is 10.2. The number of aryl methyl sites for hydroxylation is 1. The Balaban J connectivity index is 1.67. The largest absolute Gasteiger partial charge is 0.493 e. The maximum Gasteiger partial charge on any atom is 0.416 e. The maximum atomic E-state index is 13.2. The van der Waals surface area contributed by atoms with E-state index in [0.29, 0.717) is 24.3 Å². The fourth-order valence-electron chi connectivity index (χ4n) is 3.19. The Kier molecular flexibility index (Phi) is 7.52. The number of rotatable bonds is 9. The van der Waals surface area contributed by atoms with Crippen molar-refractivity contribution in [3.63, 3.8) is 0 Å². The van der Waals surface area contributed by atoms with Crippen molar-refractivity contribution in [2.75, 3.05) is 6.61 Å². The van der Waals surface area contributed by atoms with Crippen LogP contribution in [0, 0.1) is 6.92 Å². The van der Waals surface area contributed by atoms with Crippen molar-refractivity contribution < 1.29 is 32.5 Å². The van der Waals surface area contributed by atoms with E-state index in [4.69, 9.17) is 14.6 Å². The molecule has 1 aromatic heterocycles. The van der Waals surface area contributed by atoms with Gasteiger partial charge in [0, 0.05) is 18.8 Å². The summed E-state index contributed by atoms with van der Waals surface area (Å²) in [4.78, 5) is 18.9. The van der Waals surface area contributed by atoms with E-state index in [1.54, 1.807) is 31.2 Å². The summed E-state index contributed by atoms with van der Waals surface area (Å²) in [5.74, 6) is 0.108. The zero-order valence-corrected chi connectivity index (χ0v) is 18.1. The van der Waals surface area contributed by atoms with E-state index in [-0.39, 0.29) is 29.7 Å². The topological polar surface area (TPSA) is 81.5 Å². The number of carboxylic acids is 1. The lowest BCUT2D eigenvalue weighted by molar-refractivity contribution is -0.138. The highest BCUT2D eigenvalue weighted by atomic mass is 19.4. The van der Waals surface area contributed by atoms with Crippen LogP contribution in [0.15, 0.2) is 54.9 Å². The standard InChI is InChI=1S/C24H23F3N2O4/c1-15-12-17(13-22(30)31)4-6-20(15)32-11-8-16(2)33-21-7-5-18(24(25,26)27)14-19(21)23-28-9-3-10-29-23/h3-7,9-10,12,14,16H,8,11,13H2,1-2H3,(H,30,31). The molecular formula is C24H23F3N2O4. The van der Waals surface area contributed by atoms with Crippen LogP contribution in [0.4, 0.5) is 13.2 Å². The zero-order valence-electron chi connectivity index (χ0n) is 18.1. The lowest BCUT2D eigenvalue weighted by Crippen LogP contribution is -2.17. The van der Waals surface area contributed by atoms with E-state index in [0.717, 1.165) is 17.7 Å². The highest BCUT2D eigenvalue weighted by molar-refractivity contribution is 5.70. The molecule has 0 aliphatic rings. The minimum Gasteiger partial charge on any atom is -0.493 e. The van der Waals surface area contributed by atoms with E-state index in [9.17, 15) is 18.0 Å². The van der Waals surface area contributed by atoms with Gasteiger partial charge in [0.15, 0.2) is 5.82 Å². The van der Waals surface area contributed by atoms with E-state index >= 15 is 0 Å². The highest BCUT2D eigenvalue weighted by Crippen LogP contribution is 2.36. The molecule has 3 rings (SSSR count). The highest BCUT2D eigenvalue weighted by Gasteiger charge is 2.31. The second-order valence-electron chi connectivity index (χ2n) is 7.52. The van der Waals surface area contributed by atoms with Crippen LogP contribution in [0.25, 0.3) is 11.4 Å². The van der Waals surface area contributed by atoms with Gasteiger partial charge in [-0.25, -0.2) is 9.97 Å². The summed E-state index contributed by atoms with van der Waals surface area (Å²) < 4.78 is 51.3. The van der Waals surface area contributed by atoms with Crippen LogP contribution < -0.4 is 9.47 Å². The van der Waals surface area contributed by atoms with Gasteiger partial charge in [-0.2, -0.15) is 13.2 Å². The van der Waals surface area contributed by atoms with E-state index in [2.05, 4.69) is 9.97 Å². The summed E-state index contributed by atoms with van der Waals surface area (Å²) in [6.45, 7) is 3.92. The molecule has 6 nitrogen and oxygen atoms in total. The van der Waals surface area contributed by atoms with Crippen molar-refractivity contribution in [3.05, 3.63) is 71.5 Å². The van der Waals surface area contributed by atoms with Crippen molar-refractivity contribution in [1.82, 2.24) is 9.97 Å². The molecular weight excluding hydrogens is 437 g/mol. The van der Waals surface area contributed by atoms with E-state index < -0.39 is 17.7 Å². The molecule has 3 aromatic rings. The SMILES string of the molecule is Cc1cc(CC(=O)O)ccc1OCCC(C)Oc1ccc(C(F)(F)F)cc1-c1ncccn1. The summed E-state index contributed by atoms with van der Waals surface area (Å²) >= 11 is 0. The number of aromatic nitrogens is 2. The van der Waals surface area contributed by atoms with Gasteiger partial charge in [0.05, 0.1) is 30.3 Å². The maximum absolute atomic E-state index is 13.2. The number of hydrogen-bond acceptors (Lipinski definition) is 5. The Morgan fingerprint density at radius 2 is 1.79 bits per heavy atom. The number of carboxylic acid groups (broad SMARTS) is 1. The van der Waals surface area contributed by atoms with Gasteiger partial charge in [0.2, 0.25) is 0 Å². The number of halogens is 3. The van der Waals surface area contributed by atoms with Gasteiger partial charge in [0.25, 0.3) is 0 Å². The van der Waals surface area contributed by atoms with Crippen LogP contribution in [0.3, 0.4) is 0 Å². The van der Waals surface area contributed by atoms with Gasteiger partial charge in [-0.15, -0.1) is 0 Å². The summed E-state index contributed by atoms with van der Waals surface area (Å²) in [6, 6.07) is 9.98. The molecule has 9 heteroatoms. The average Bonchev–Trinajstić information content (AvgIpc) is 2.75. The Morgan fingerprint density at radius 3 is 2.42 bits per heavy atom. The number of carbonyl (C=O) groups is 1. The zero-order chi connectivity index (χ0) is 24.0. The van der Waals surface area contributed by atoms with Gasteiger partial charge in [-0.3, -0.25) is 4.79 Å². The molecule has 0 bridgehead atoms. The Morgan fingerprint density at radius 1 is 1.09 bits per heavy atom. The number of hydrogen-bond donors (Lipinski definition) is 1. The Hall–Kier alpha value is -3.62. The van der Waals surface area contributed by atoms with Crippen LogP contribution in [0.5, 0.6) is 11.5 Å². The van der Waals surface area contributed by atoms with E-state index in [1.807, 2.05) is 6.92 Å². The minimum atomic E-state index is -4.50. The lowest BCUT2D eigenvalue weighted by Gasteiger charge is -2.19. The molecule has 1 N–H and O–H groups in total. The van der Waals surface area contributed by atoms with Gasteiger partial charge in [-0.1, -0.05) is 12.1 Å². The summed E-state index contributed by atoms with van der Waals surface area (Å²) in [5.41, 5.74) is 0.841. The third-order valence-electron chi connectivity index (χ3n) is 4.82. The quantitative estimate of drug-likeness (QED) is 0.465. The summed E-state index contributed by atoms with van der Waals surface area (Å²) in [5, 5.41) is 8.89. The molecule has 33 heavy (non-hydrogen) atoms. The van der Waals surface area contributed by atoms with Gasteiger partial charge < -0.3 is 14.6 Å². The number of aliphatic carboxylic acids is 1. The predicted molar refractivity (Wildman–Crippen MR) is 115 cm³/mol. The molecule has 2 aromatic carbocycles. The minimum absolute atomic E-state index is 0.0629. The van der Waals surface area contributed by atoms with Crippen LogP contribution >= 0.6 is 0 Å². The number of benzene rings is 2. The van der Waals surface area contributed by atoms with Crippen molar-refractivity contribution in [2.45, 2.75) is 39.0 Å². The molecule has 0 saturated heterocycles. The van der Waals surface area contributed by atoms with Crippen molar-refractivity contribution in [1.29, 1.82) is 0 Å². The molecule has 0 fully saturated rings. The number of ether oxygens (including phenoxy) is 2. The Labute approximate surface area is 189 Å². The van der Waals surface area contributed by atoms with Gasteiger partial charge in [-0.05, 0) is 55.3 Å². The molecule has 0 spiro atoms. The van der Waals surface area contributed by atoms with Gasteiger partial charge >= 0.3 is 12.1 Å². The third kappa shape index (κ3) is 6.68. The molecule has 1 unspecified atom stereocenters. The summed E-state index contributed by atoms with van der Waals surface area (Å²) in [7, 11) is 0. The third-order valence-corrected chi connectivity index (χ3v) is 4.82. The van der Waals surface area contributed by atoms with Gasteiger partial charge in [0.1, 0.15) is 11.5 Å².